The minimum Gasteiger partial charge on any atom is -0.126 e. The third-order valence-corrected chi connectivity index (χ3v) is 10.1. The molecule has 3 aromatic rings. The molecule has 0 aliphatic carbocycles. The molecule has 3 rings (SSSR count). The predicted octanol–water partition coefficient (Wildman–Crippen LogP) is 9.17. The average Bonchev–Trinajstić information content (AvgIpc) is 2.59. The van der Waals surface area contributed by atoms with Gasteiger partial charge in [0.2, 0.25) is 0 Å². The molecular weight excluding hydrogens is 509 g/mol. The molecule has 0 nitrogen and oxygen atoms in total. The fourth-order valence-corrected chi connectivity index (χ4v) is 7.16. The zero-order valence-corrected chi connectivity index (χ0v) is 21.7. The molecule has 28 heavy (non-hydrogen) atoms. The summed E-state index contributed by atoms with van der Waals surface area (Å²) in [5.41, 5.74) is 2.63. The highest BCUT2D eigenvalue weighted by atomic mass is 35.8. The lowest BCUT2D eigenvalue weighted by molar-refractivity contribution is 0.862. The van der Waals surface area contributed by atoms with E-state index in [1.54, 1.807) is 0 Å². The molecule has 0 unspecified atom stereocenters. The van der Waals surface area contributed by atoms with E-state index < -0.39 is 12.0 Å². The van der Waals surface area contributed by atoms with E-state index in [2.05, 4.69) is 48.5 Å². The number of halogens is 6. The Morgan fingerprint density at radius 3 is 1.79 bits per heavy atom. The molecule has 0 heterocycles. The highest BCUT2D eigenvalue weighted by Gasteiger charge is 2.25. The van der Waals surface area contributed by atoms with Gasteiger partial charge in [-0.1, -0.05) is 36.4 Å². The minimum absolute atomic E-state index is 0.655. The number of fused-ring (bicyclic) bond motifs is 2. The first kappa shape index (κ1) is 23.0. The third kappa shape index (κ3) is 6.68. The van der Waals surface area contributed by atoms with Crippen LogP contribution in [-0.4, -0.2) is 12.0 Å². The van der Waals surface area contributed by atoms with Gasteiger partial charge in [0.25, 0.3) is 0 Å². The third-order valence-electron chi connectivity index (χ3n) is 4.89. The fraction of sp³-hybridized carbons (Fsp3) is 0.300. The zero-order chi connectivity index (χ0) is 20.4. The molecule has 8 heteroatoms. The number of hydrogen-bond donors (Lipinski definition) is 0. The lowest BCUT2D eigenvalue weighted by Gasteiger charge is -2.16. The van der Waals surface area contributed by atoms with E-state index in [0.29, 0.717) is 12.1 Å². The van der Waals surface area contributed by atoms with Crippen LogP contribution >= 0.6 is 66.5 Å². The highest BCUT2D eigenvalue weighted by molar-refractivity contribution is 7.65. The maximum absolute atomic E-state index is 6.10. The SMILES string of the molecule is Cl[Si](Cl)(Cl)CCCc1ccc2cc3ccccc3cc2c1CCC[Si](Cl)(Cl)Cl. The summed E-state index contributed by atoms with van der Waals surface area (Å²) in [6, 6.07) is 13.4. The van der Waals surface area contributed by atoms with Gasteiger partial charge in [0.05, 0.1) is 0 Å². The second-order valence-electron chi connectivity index (χ2n) is 7.06. The van der Waals surface area contributed by atoms with Crippen molar-refractivity contribution in [3.05, 3.63) is 59.7 Å². The molecular formula is C20H20Cl6Si2. The van der Waals surface area contributed by atoms with Crippen LogP contribution in [-0.2, 0) is 12.8 Å². The summed E-state index contributed by atoms with van der Waals surface area (Å²) < 4.78 is 0. The van der Waals surface area contributed by atoms with Crippen LogP contribution in [0.3, 0.4) is 0 Å². The van der Waals surface area contributed by atoms with Gasteiger partial charge in [-0.15, -0.1) is 66.5 Å². The Kier molecular flexibility index (Phi) is 7.94. The Morgan fingerprint density at radius 2 is 1.18 bits per heavy atom. The van der Waals surface area contributed by atoms with Crippen molar-refractivity contribution in [1.82, 2.24) is 0 Å². The average molecular weight is 529 g/mol. The standard InChI is InChI=1S/C20H20Cl6Si2/c21-27(22,23)11-3-7-15-9-10-18-13-16-5-1-2-6-17(16)14-20(18)19(15)8-4-12-28(24,25)26/h1-2,5-6,9-10,13-14H,3-4,7-8,11-12H2. The van der Waals surface area contributed by atoms with Gasteiger partial charge in [-0.05, 0) is 82.6 Å². The molecule has 0 radical (unpaired) electrons. The molecule has 0 saturated heterocycles. The van der Waals surface area contributed by atoms with Crippen molar-refractivity contribution in [2.24, 2.45) is 0 Å². The summed E-state index contributed by atoms with van der Waals surface area (Å²) in [5, 5.41) is 4.98. The van der Waals surface area contributed by atoms with E-state index in [-0.39, 0.29) is 0 Å². The van der Waals surface area contributed by atoms with Crippen molar-refractivity contribution in [2.45, 2.75) is 37.8 Å². The molecule has 0 aromatic heterocycles. The smallest absolute Gasteiger partial charge is 0.126 e. The van der Waals surface area contributed by atoms with E-state index in [4.69, 9.17) is 66.5 Å². The van der Waals surface area contributed by atoms with Crippen LogP contribution in [0.15, 0.2) is 48.5 Å². The van der Waals surface area contributed by atoms with Crippen LogP contribution in [0, 0.1) is 0 Å². The lowest BCUT2D eigenvalue weighted by Crippen LogP contribution is -2.10. The van der Waals surface area contributed by atoms with Gasteiger partial charge in [-0.2, -0.15) is 0 Å². The first-order valence-corrected chi connectivity index (χ1v) is 19.7. The topological polar surface area (TPSA) is 0 Å². The monoisotopic (exact) mass is 526 g/mol. The van der Waals surface area contributed by atoms with Crippen LogP contribution in [0.25, 0.3) is 21.5 Å². The van der Waals surface area contributed by atoms with E-state index >= 15 is 0 Å². The van der Waals surface area contributed by atoms with Crippen molar-refractivity contribution < 1.29 is 0 Å². The highest BCUT2D eigenvalue weighted by Crippen LogP contribution is 2.33. The Labute approximate surface area is 196 Å². The molecule has 0 bridgehead atoms. The van der Waals surface area contributed by atoms with Crippen molar-refractivity contribution in [1.29, 1.82) is 0 Å². The van der Waals surface area contributed by atoms with Gasteiger partial charge in [0.1, 0.15) is 0 Å². The molecule has 0 aliphatic rings. The largest absolute Gasteiger partial charge is 0.341 e. The van der Waals surface area contributed by atoms with E-state index in [0.717, 1.165) is 25.7 Å². The molecule has 0 saturated carbocycles. The van der Waals surface area contributed by atoms with Gasteiger partial charge in [-0.3, -0.25) is 0 Å². The molecule has 0 N–H and O–H groups in total. The molecule has 150 valence electrons. The van der Waals surface area contributed by atoms with Crippen LogP contribution in [0.4, 0.5) is 0 Å². The maximum Gasteiger partial charge on any atom is 0.341 e. The van der Waals surface area contributed by atoms with Crippen molar-refractivity contribution >= 4 is 100 Å². The molecule has 3 aromatic carbocycles. The molecule has 0 spiro atoms. The van der Waals surface area contributed by atoms with Gasteiger partial charge in [0, 0.05) is 0 Å². The second-order valence-corrected chi connectivity index (χ2v) is 25.6. The van der Waals surface area contributed by atoms with Gasteiger partial charge >= 0.3 is 12.0 Å². The number of hydrogen-bond acceptors (Lipinski definition) is 0. The van der Waals surface area contributed by atoms with Crippen LogP contribution in [0.1, 0.15) is 24.0 Å². The Balaban J connectivity index is 1.97. The van der Waals surface area contributed by atoms with Crippen LogP contribution in [0.5, 0.6) is 0 Å². The first-order valence-electron chi connectivity index (χ1n) is 9.19. The first-order chi connectivity index (χ1) is 13.1. The summed E-state index contributed by atoms with van der Waals surface area (Å²) in [6.07, 6.45) is 3.51. The normalized spacial score (nSPS) is 12.8. The van der Waals surface area contributed by atoms with Crippen molar-refractivity contribution in [2.75, 3.05) is 0 Å². The summed E-state index contributed by atoms with van der Waals surface area (Å²) in [4.78, 5) is 0. The fourth-order valence-electron chi connectivity index (χ4n) is 3.60. The summed E-state index contributed by atoms with van der Waals surface area (Å²) in [7, 11) is 0. The predicted molar refractivity (Wildman–Crippen MR) is 134 cm³/mol. The summed E-state index contributed by atoms with van der Waals surface area (Å²) in [5.74, 6) is 0. The van der Waals surface area contributed by atoms with Gasteiger partial charge < -0.3 is 0 Å². The van der Waals surface area contributed by atoms with Crippen molar-refractivity contribution in [3.8, 4) is 0 Å². The number of benzene rings is 3. The van der Waals surface area contributed by atoms with E-state index in [9.17, 15) is 0 Å². The van der Waals surface area contributed by atoms with Crippen molar-refractivity contribution in [3.63, 3.8) is 0 Å². The zero-order valence-electron chi connectivity index (χ0n) is 15.1. The number of rotatable bonds is 8. The molecule has 0 amide bonds. The molecule has 0 aliphatic heterocycles. The van der Waals surface area contributed by atoms with E-state index in [1.165, 1.54) is 32.7 Å². The molecule has 0 fully saturated rings. The Morgan fingerprint density at radius 1 is 0.607 bits per heavy atom. The summed E-state index contributed by atoms with van der Waals surface area (Å²) >= 11 is 36.5. The van der Waals surface area contributed by atoms with E-state index in [1.807, 2.05) is 0 Å². The number of aryl methyl sites for hydroxylation is 2. The van der Waals surface area contributed by atoms with Gasteiger partial charge in [-0.25, -0.2) is 0 Å². The Bertz CT molecular complexity index is 962. The Hall–Kier alpha value is 0.354. The summed E-state index contributed by atoms with van der Waals surface area (Å²) in [6.45, 7) is 0. The maximum atomic E-state index is 6.10. The van der Waals surface area contributed by atoms with Crippen LogP contribution < -0.4 is 0 Å². The lowest BCUT2D eigenvalue weighted by atomic mass is 9.92. The van der Waals surface area contributed by atoms with Gasteiger partial charge in [0.15, 0.2) is 0 Å². The molecule has 0 atom stereocenters. The minimum atomic E-state index is -2.62. The quantitative estimate of drug-likeness (QED) is 0.155. The second kappa shape index (κ2) is 9.66. The van der Waals surface area contributed by atoms with Crippen LogP contribution in [0.2, 0.25) is 12.1 Å².